The summed E-state index contributed by atoms with van der Waals surface area (Å²) in [6, 6.07) is 0.519. The molecule has 23 heavy (non-hydrogen) atoms. The Morgan fingerprint density at radius 1 is 1.43 bits per heavy atom. The normalized spacial score (nSPS) is 25.3. The molecule has 2 aromatic heterocycles. The average molecular weight is 351 g/mol. The average Bonchev–Trinajstić information content (AvgIpc) is 2.92. The first-order chi connectivity index (χ1) is 11.2. The zero-order valence-corrected chi connectivity index (χ0v) is 15.4. The molecule has 1 spiro atoms. The molecule has 2 heterocycles. The van der Waals surface area contributed by atoms with Crippen molar-refractivity contribution in [2.45, 2.75) is 49.1 Å². The Balaban J connectivity index is 1.65. The van der Waals surface area contributed by atoms with Gasteiger partial charge in [-0.15, -0.1) is 11.3 Å². The van der Waals surface area contributed by atoms with E-state index in [0.29, 0.717) is 17.6 Å². The molecule has 0 amide bonds. The van der Waals surface area contributed by atoms with Crippen molar-refractivity contribution in [2.24, 2.45) is 5.41 Å². The Bertz CT molecular complexity index is 715. The van der Waals surface area contributed by atoms with Gasteiger partial charge in [0.05, 0.1) is 6.10 Å². The second-order valence-corrected chi connectivity index (χ2v) is 8.48. The molecule has 124 valence electrons. The minimum absolute atomic E-state index is 0.342. The number of anilines is 1. The lowest BCUT2D eigenvalue weighted by molar-refractivity contribution is -0.164. The van der Waals surface area contributed by atoms with E-state index in [1.165, 1.54) is 19.3 Å². The molecule has 0 aromatic carbocycles. The molecule has 2 unspecified atom stereocenters. The van der Waals surface area contributed by atoms with Crippen LogP contribution in [-0.4, -0.2) is 47.0 Å². The highest BCUT2D eigenvalue weighted by molar-refractivity contribution is 8.00. The van der Waals surface area contributed by atoms with Gasteiger partial charge < -0.3 is 9.64 Å². The molecule has 0 aliphatic heterocycles. The standard InChI is InChI=1S/C16H22N4OS2/c1-4-21-11-8-10(16(11)6-5-7-16)20(2)14-12-13(17-9-18-14)19-15(22-3)23-12/h9-11H,4-8H2,1-3H3. The third kappa shape index (κ3) is 2.27. The lowest BCUT2D eigenvalue weighted by atomic mass is 9.50. The van der Waals surface area contributed by atoms with E-state index in [9.17, 15) is 0 Å². The van der Waals surface area contributed by atoms with Crippen LogP contribution in [-0.2, 0) is 4.74 Å². The largest absolute Gasteiger partial charge is 0.378 e. The number of fused-ring (bicyclic) bond motifs is 1. The molecule has 5 nitrogen and oxygen atoms in total. The number of nitrogens with zero attached hydrogens (tertiary/aromatic N) is 4. The van der Waals surface area contributed by atoms with Gasteiger partial charge in [0.15, 0.2) is 15.8 Å². The van der Waals surface area contributed by atoms with Gasteiger partial charge in [-0.1, -0.05) is 18.2 Å². The van der Waals surface area contributed by atoms with E-state index in [2.05, 4.69) is 40.1 Å². The maximum atomic E-state index is 5.99. The van der Waals surface area contributed by atoms with Crippen LogP contribution in [0.5, 0.6) is 0 Å². The summed E-state index contributed by atoms with van der Waals surface area (Å²) in [5.74, 6) is 1.03. The molecule has 4 rings (SSSR count). The molecule has 0 radical (unpaired) electrons. The molecule has 2 fully saturated rings. The summed E-state index contributed by atoms with van der Waals surface area (Å²) in [7, 11) is 2.17. The fraction of sp³-hybridized carbons (Fsp3) is 0.688. The Morgan fingerprint density at radius 2 is 2.26 bits per heavy atom. The molecule has 2 aliphatic carbocycles. The van der Waals surface area contributed by atoms with Gasteiger partial charge in [0.25, 0.3) is 0 Å². The van der Waals surface area contributed by atoms with E-state index in [4.69, 9.17) is 4.74 Å². The van der Waals surface area contributed by atoms with Gasteiger partial charge in [-0.25, -0.2) is 15.0 Å². The van der Waals surface area contributed by atoms with Crippen LogP contribution >= 0.6 is 23.1 Å². The quantitative estimate of drug-likeness (QED) is 0.768. The van der Waals surface area contributed by atoms with Crippen LogP contribution in [0, 0.1) is 5.41 Å². The number of thioether (sulfide) groups is 1. The van der Waals surface area contributed by atoms with Crippen molar-refractivity contribution < 1.29 is 4.74 Å². The fourth-order valence-electron chi connectivity index (χ4n) is 4.15. The lowest BCUT2D eigenvalue weighted by Gasteiger charge is -2.63. The van der Waals surface area contributed by atoms with Gasteiger partial charge >= 0.3 is 0 Å². The first-order valence-electron chi connectivity index (χ1n) is 8.19. The third-order valence-electron chi connectivity index (χ3n) is 5.52. The summed E-state index contributed by atoms with van der Waals surface area (Å²) < 4.78 is 8.14. The van der Waals surface area contributed by atoms with Crippen LogP contribution in [0.15, 0.2) is 10.7 Å². The third-order valence-corrected chi connectivity index (χ3v) is 7.55. The van der Waals surface area contributed by atoms with Crippen LogP contribution in [0.4, 0.5) is 5.82 Å². The Kier molecular flexibility index (Phi) is 3.98. The van der Waals surface area contributed by atoms with Gasteiger partial charge in [-0.05, 0) is 32.4 Å². The van der Waals surface area contributed by atoms with Crippen LogP contribution in [0.25, 0.3) is 10.3 Å². The Labute approximate surface area is 144 Å². The second-order valence-electron chi connectivity index (χ2n) is 6.43. The number of rotatable bonds is 5. The molecule has 2 aromatic rings. The van der Waals surface area contributed by atoms with Crippen molar-refractivity contribution in [1.29, 1.82) is 0 Å². The van der Waals surface area contributed by atoms with E-state index < -0.39 is 0 Å². The first-order valence-corrected chi connectivity index (χ1v) is 10.2. The number of hydrogen-bond donors (Lipinski definition) is 0. The van der Waals surface area contributed by atoms with Crippen molar-refractivity contribution in [1.82, 2.24) is 15.0 Å². The number of thiazole rings is 1. The lowest BCUT2D eigenvalue weighted by Crippen LogP contribution is -2.67. The van der Waals surface area contributed by atoms with E-state index >= 15 is 0 Å². The van der Waals surface area contributed by atoms with Crippen LogP contribution in [0.3, 0.4) is 0 Å². The number of aromatic nitrogens is 3. The topological polar surface area (TPSA) is 51.1 Å². The van der Waals surface area contributed by atoms with Crippen LogP contribution < -0.4 is 4.90 Å². The molecular weight excluding hydrogens is 328 g/mol. The van der Waals surface area contributed by atoms with E-state index in [1.807, 2.05) is 0 Å². The van der Waals surface area contributed by atoms with Crippen LogP contribution in [0.1, 0.15) is 32.6 Å². The van der Waals surface area contributed by atoms with Gasteiger partial charge in [0.1, 0.15) is 11.0 Å². The molecule has 0 bridgehead atoms. The number of ether oxygens (including phenoxy) is 1. The summed E-state index contributed by atoms with van der Waals surface area (Å²) in [6.07, 6.45) is 9.10. The molecule has 2 atom stereocenters. The van der Waals surface area contributed by atoms with Crippen molar-refractivity contribution in [3.63, 3.8) is 0 Å². The Hall–Kier alpha value is -0.920. The molecular formula is C16H22N4OS2. The fourth-order valence-corrected chi connectivity index (χ4v) is 5.70. The second kappa shape index (κ2) is 5.86. The van der Waals surface area contributed by atoms with Gasteiger partial charge in [0.2, 0.25) is 0 Å². The minimum atomic E-state index is 0.342. The number of hydrogen-bond acceptors (Lipinski definition) is 7. The molecule has 0 saturated heterocycles. The highest BCUT2D eigenvalue weighted by atomic mass is 32.2. The molecule has 7 heteroatoms. The van der Waals surface area contributed by atoms with E-state index in [0.717, 1.165) is 33.5 Å². The summed E-state index contributed by atoms with van der Waals surface area (Å²) in [5, 5.41) is 0. The molecule has 2 aliphatic rings. The summed E-state index contributed by atoms with van der Waals surface area (Å²) in [4.78, 5) is 15.9. The van der Waals surface area contributed by atoms with E-state index in [1.54, 1.807) is 29.4 Å². The highest BCUT2D eigenvalue weighted by Gasteiger charge is 2.60. The van der Waals surface area contributed by atoms with Gasteiger partial charge in [0, 0.05) is 25.1 Å². The monoisotopic (exact) mass is 350 g/mol. The van der Waals surface area contributed by atoms with Crippen molar-refractivity contribution in [3.8, 4) is 0 Å². The predicted octanol–water partition coefficient (Wildman–Crippen LogP) is 3.59. The maximum absolute atomic E-state index is 5.99. The predicted molar refractivity (Wildman–Crippen MR) is 95.5 cm³/mol. The zero-order chi connectivity index (χ0) is 16.0. The summed E-state index contributed by atoms with van der Waals surface area (Å²) in [6.45, 7) is 2.91. The molecule has 2 saturated carbocycles. The van der Waals surface area contributed by atoms with Crippen molar-refractivity contribution >= 4 is 39.3 Å². The Morgan fingerprint density at radius 3 is 2.91 bits per heavy atom. The first kappa shape index (κ1) is 15.6. The van der Waals surface area contributed by atoms with Crippen molar-refractivity contribution in [2.75, 3.05) is 24.8 Å². The van der Waals surface area contributed by atoms with Gasteiger partial charge in [-0.2, -0.15) is 0 Å². The zero-order valence-electron chi connectivity index (χ0n) is 13.8. The van der Waals surface area contributed by atoms with Gasteiger partial charge in [-0.3, -0.25) is 0 Å². The summed E-state index contributed by atoms with van der Waals surface area (Å²) in [5.41, 5.74) is 1.16. The van der Waals surface area contributed by atoms with E-state index in [-0.39, 0.29) is 0 Å². The van der Waals surface area contributed by atoms with Crippen LogP contribution in [0.2, 0.25) is 0 Å². The smallest absolute Gasteiger partial charge is 0.176 e. The SMILES string of the molecule is CCOC1CC(N(C)c2ncnc3nc(SC)sc23)C12CCC2. The summed E-state index contributed by atoms with van der Waals surface area (Å²) >= 11 is 3.36. The maximum Gasteiger partial charge on any atom is 0.176 e. The minimum Gasteiger partial charge on any atom is -0.378 e. The van der Waals surface area contributed by atoms with Crippen molar-refractivity contribution in [3.05, 3.63) is 6.33 Å². The highest BCUT2D eigenvalue weighted by Crippen LogP contribution is 2.59. The molecule has 0 N–H and O–H groups in total.